The van der Waals surface area contributed by atoms with Crippen LogP contribution in [0.5, 0.6) is 11.5 Å². The van der Waals surface area contributed by atoms with Crippen LogP contribution < -0.4 is 9.47 Å². The predicted octanol–water partition coefficient (Wildman–Crippen LogP) is 9.45. The minimum Gasteiger partial charge on any atom is -0.447 e. The summed E-state index contributed by atoms with van der Waals surface area (Å²) in [6, 6.07) is 49.7. The first-order valence-electron chi connectivity index (χ1n) is 20.3. The zero-order chi connectivity index (χ0) is 41.4. The number of esters is 2. The van der Waals surface area contributed by atoms with Crippen molar-refractivity contribution in [2.24, 2.45) is 0 Å². The average Bonchev–Trinajstić information content (AvgIpc) is 3.51. The minimum atomic E-state index is -1.77. The number of nitrogens with zero attached hydrogens (tertiary/aromatic N) is 2. The lowest BCUT2D eigenvalue weighted by atomic mass is 9.98. The highest BCUT2D eigenvalue weighted by Gasteiger charge is 2.49. The van der Waals surface area contributed by atoms with Crippen LogP contribution in [0.3, 0.4) is 0 Å². The molecule has 0 aromatic heterocycles. The van der Waals surface area contributed by atoms with E-state index in [2.05, 4.69) is 34.1 Å². The van der Waals surface area contributed by atoms with Crippen molar-refractivity contribution < 1.29 is 28.5 Å². The van der Waals surface area contributed by atoms with Gasteiger partial charge in [-0.05, 0) is 84.3 Å². The topological polar surface area (TPSA) is 77.5 Å². The quantitative estimate of drug-likeness (QED) is 0.0686. The fourth-order valence-electron chi connectivity index (χ4n) is 8.15. The molecule has 8 nitrogen and oxygen atoms in total. The SMILES string of the molecule is O=C(OC1(Oc2cccc(Cl)c2)CN(CCc2ccccc2)CCc2ccccc21)C(=O)OC1(Oc2cccc(Cl)c2)CN(CCc2ccccc2)CCc2ccccc21. The van der Waals surface area contributed by atoms with E-state index >= 15 is 0 Å². The van der Waals surface area contributed by atoms with Gasteiger partial charge < -0.3 is 18.9 Å². The van der Waals surface area contributed by atoms with Gasteiger partial charge in [-0.3, -0.25) is 9.80 Å². The number of hydrogen-bond donors (Lipinski definition) is 0. The number of hydrogen-bond acceptors (Lipinski definition) is 8. The molecule has 2 atom stereocenters. The van der Waals surface area contributed by atoms with Crippen LogP contribution >= 0.6 is 23.2 Å². The van der Waals surface area contributed by atoms with Crippen LogP contribution in [0.15, 0.2) is 158 Å². The van der Waals surface area contributed by atoms with E-state index in [4.69, 9.17) is 42.1 Å². The largest absolute Gasteiger partial charge is 0.447 e. The van der Waals surface area contributed by atoms with Crippen LogP contribution in [0, 0.1) is 0 Å². The molecule has 2 heterocycles. The predicted molar refractivity (Wildman–Crippen MR) is 233 cm³/mol. The summed E-state index contributed by atoms with van der Waals surface area (Å²) in [4.78, 5) is 33.8. The van der Waals surface area contributed by atoms with Gasteiger partial charge in [-0.25, -0.2) is 9.59 Å². The molecule has 0 aliphatic carbocycles. The van der Waals surface area contributed by atoms with Crippen molar-refractivity contribution >= 4 is 35.1 Å². The lowest BCUT2D eigenvalue weighted by Crippen LogP contribution is -2.52. The van der Waals surface area contributed by atoms with E-state index in [1.807, 2.05) is 84.9 Å². The zero-order valence-corrected chi connectivity index (χ0v) is 34.7. The molecule has 0 saturated carbocycles. The van der Waals surface area contributed by atoms with Gasteiger partial charge in [0.15, 0.2) is 0 Å². The van der Waals surface area contributed by atoms with E-state index in [1.165, 1.54) is 11.1 Å². The summed E-state index contributed by atoms with van der Waals surface area (Å²) in [5, 5.41) is 0.889. The fraction of sp³-hybridized carbons (Fsp3) is 0.240. The van der Waals surface area contributed by atoms with Crippen LogP contribution in [0.25, 0.3) is 0 Å². The van der Waals surface area contributed by atoms with Crippen molar-refractivity contribution in [3.63, 3.8) is 0 Å². The van der Waals surface area contributed by atoms with E-state index in [0.29, 0.717) is 71.7 Å². The molecular weight excluding hydrogens is 795 g/mol. The van der Waals surface area contributed by atoms with E-state index in [1.54, 1.807) is 48.5 Å². The monoisotopic (exact) mass is 840 g/mol. The fourth-order valence-corrected chi connectivity index (χ4v) is 8.52. The van der Waals surface area contributed by atoms with Gasteiger partial charge in [-0.1, -0.05) is 145 Å². The van der Waals surface area contributed by atoms with Crippen LogP contribution in [0.1, 0.15) is 33.4 Å². The molecule has 0 fully saturated rings. The molecule has 60 heavy (non-hydrogen) atoms. The summed E-state index contributed by atoms with van der Waals surface area (Å²) in [5.41, 5.74) is 5.46. The van der Waals surface area contributed by atoms with Crippen molar-refractivity contribution in [2.75, 3.05) is 39.3 Å². The Kier molecular flexibility index (Phi) is 12.8. The molecule has 0 bridgehead atoms. The van der Waals surface area contributed by atoms with Crippen LogP contribution in [-0.2, 0) is 56.3 Å². The number of benzene rings is 6. The molecule has 0 saturated heterocycles. The summed E-state index contributed by atoms with van der Waals surface area (Å²) >= 11 is 12.9. The normalized spacial score (nSPS) is 19.2. The highest BCUT2D eigenvalue weighted by molar-refractivity contribution is 6.31. The first kappa shape index (κ1) is 41.1. The van der Waals surface area contributed by atoms with Gasteiger partial charge in [0.25, 0.3) is 11.6 Å². The van der Waals surface area contributed by atoms with Crippen molar-refractivity contribution in [3.05, 3.63) is 201 Å². The summed E-state index contributed by atoms with van der Waals surface area (Å²) in [5.74, 6) is -5.26. The molecular formula is C50H46Cl2N2O6. The molecule has 0 spiro atoms. The van der Waals surface area contributed by atoms with Crippen LogP contribution in [0.4, 0.5) is 0 Å². The van der Waals surface area contributed by atoms with Gasteiger partial charge in [-0.2, -0.15) is 0 Å². The molecule has 306 valence electrons. The second kappa shape index (κ2) is 18.7. The van der Waals surface area contributed by atoms with Crippen LogP contribution in [0.2, 0.25) is 10.0 Å². The molecule has 0 N–H and O–H groups in total. The van der Waals surface area contributed by atoms with Gasteiger partial charge >= 0.3 is 11.9 Å². The first-order chi connectivity index (χ1) is 29.3. The maximum atomic E-state index is 14.7. The lowest BCUT2D eigenvalue weighted by Gasteiger charge is -2.38. The smallest absolute Gasteiger partial charge is 0.421 e. The summed E-state index contributed by atoms with van der Waals surface area (Å²) < 4.78 is 26.5. The van der Waals surface area contributed by atoms with Gasteiger partial charge in [-0.15, -0.1) is 0 Å². The van der Waals surface area contributed by atoms with E-state index in [-0.39, 0.29) is 13.1 Å². The van der Waals surface area contributed by atoms with Gasteiger partial charge in [0.05, 0.1) is 13.1 Å². The highest BCUT2D eigenvalue weighted by atomic mass is 35.5. The summed E-state index contributed by atoms with van der Waals surface area (Å²) in [6.07, 6.45) is 2.84. The second-order valence-electron chi connectivity index (χ2n) is 15.2. The van der Waals surface area contributed by atoms with Crippen molar-refractivity contribution in [1.82, 2.24) is 9.80 Å². The third-order valence-electron chi connectivity index (χ3n) is 11.1. The van der Waals surface area contributed by atoms with Crippen molar-refractivity contribution in [2.45, 2.75) is 37.3 Å². The van der Waals surface area contributed by atoms with E-state index in [9.17, 15) is 9.59 Å². The Labute approximate surface area is 361 Å². The molecule has 2 aliphatic heterocycles. The number of carbonyl (C=O) groups excluding carboxylic acids is 2. The standard InChI is InChI=1S/C50H46Cl2N2O6/c51-41-19-11-21-43(33-41)57-49(35-53(29-25-37-13-3-1-4-14-37)31-27-39-17-7-9-23-45(39)49)59-47(55)48(56)60-50(58-44-22-12-20-42(52)34-44)36-54(30-26-38-15-5-2-6-16-38)32-28-40-18-8-10-24-46(40)50/h1-24,33-34H,25-32,35-36H2. The van der Waals surface area contributed by atoms with Crippen molar-refractivity contribution in [3.8, 4) is 11.5 Å². The van der Waals surface area contributed by atoms with Gasteiger partial charge in [0, 0.05) is 47.4 Å². The molecule has 2 unspecified atom stereocenters. The third kappa shape index (κ3) is 9.86. The third-order valence-corrected chi connectivity index (χ3v) is 11.5. The molecule has 2 aliphatic rings. The molecule has 10 heteroatoms. The Bertz CT molecular complexity index is 2250. The van der Waals surface area contributed by atoms with Crippen LogP contribution in [-0.4, -0.2) is 61.0 Å². The molecule has 6 aromatic rings. The number of carbonyl (C=O) groups is 2. The Morgan fingerprint density at radius 2 is 0.900 bits per heavy atom. The second-order valence-corrected chi connectivity index (χ2v) is 16.1. The average molecular weight is 842 g/mol. The van der Waals surface area contributed by atoms with E-state index in [0.717, 1.165) is 24.0 Å². The maximum absolute atomic E-state index is 14.7. The number of ether oxygens (including phenoxy) is 4. The highest BCUT2D eigenvalue weighted by Crippen LogP contribution is 2.39. The summed E-state index contributed by atoms with van der Waals surface area (Å²) in [7, 11) is 0. The molecule has 0 amide bonds. The number of halogens is 2. The number of fused-ring (bicyclic) bond motifs is 2. The Balaban J connectivity index is 1.16. The Morgan fingerprint density at radius 3 is 1.32 bits per heavy atom. The Morgan fingerprint density at radius 1 is 0.500 bits per heavy atom. The van der Waals surface area contributed by atoms with Gasteiger partial charge in [0.2, 0.25) is 0 Å². The zero-order valence-electron chi connectivity index (χ0n) is 33.2. The molecule has 6 aromatic carbocycles. The molecule has 0 radical (unpaired) electrons. The Hall–Kier alpha value is -5.64. The maximum Gasteiger partial charge on any atom is 0.421 e. The number of rotatable bonds is 12. The molecule has 8 rings (SSSR count). The van der Waals surface area contributed by atoms with Gasteiger partial charge in [0.1, 0.15) is 11.5 Å². The van der Waals surface area contributed by atoms with Crippen molar-refractivity contribution in [1.29, 1.82) is 0 Å². The first-order valence-corrected chi connectivity index (χ1v) is 21.1. The summed E-state index contributed by atoms with van der Waals surface area (Å²) in [6.45, 7) is 2.88. The lowest BCUT2D eigenvalue weighted by molar-refractivity contribution is -0.232. The van der Waals surface area contributed by atoms with E-state index < -0.39 is 23.5 Å². The minimum absolute atomic E-state index is 0.128.